The van der Waals surface area contributed by atoms with Gasteiger partial charge in [0.05, 0.1) is 48.2 Å². The summed E-state index contributed by atoms with van der Waals surface area (Å²) in [5.74, 6) is 0.0534. The van der Waals surface area contributed by atoms with E-state index in [4.69, 9.17) is 23.9 Å². The Labute approximate surface area is 258 Å². The van der Waals surface area contributed by atoms with Gasteiger partial charge < -0.3 is 18.9 Å². The molecule has 1 atom stereocenters. The molecular weight excluding hydrogens is 580 g/mol. The van der Waals surface area contributed by atoms with E-state index in [0.29, 0.717) is 56.3 Å². The summed E-state index contributed by atoms with van der Waals surface area (Å²) in [5, 5.41) is 0. The summed E-state index contributed by atoms with van der Waals surface area (Å²) in [6.07, 6.45) is 2.24. The highest BCUT2D eigenvalue weighted by Gasteiger charge is 2.33. The quantitative estimate of drug-likeness (QED) is 0.242. The first-order valence-corrected chi connectivity index (χ1v) is 15.0. The molecule has 3 aromatic carbocycles. The van der Waals surface area contributed by atoms with Crippen LogP contribution in [0.3, 0.4) is 0 Å². The van der Waals surface area contributed by atoms with Crippen molar-refractivity contribution < 1.29 is 28.5 Å². The van der Waals surface area contributed by atoms with Gasteiger partial charge in [-0.05, 0) is 48.7 Å². The van der Waals surface area contributed by atoms with E-state index in [-0.39, 0.29) is 18.1 Å². The third-order valence-electron chi connectivity index (χ3n) is 7.13. The lowest BCUT2D eigenvalue weighted by Gasteiger charge is -2.25. The van der Waals surface area contributed by atoms with Crippen LogP contribution in [0.1, 0.15) is 53.4 Å². The number of hydrogen-bond donors (Lipinski definition) is 0. The van der Waals surface area contributed by atoms with Crippen molar-refractivity contribution in [1.29, 1.82) is 0 Å². The van der Waals surface area contributed by atoms with Crippen molar-refractivity contribution in [1.82, 2.24) is 4.57 Å². The summed E-state index contributed by atoms with van der Waals surface area (Å²) in [4.78, 5) is 44.3. The van der Waals surface area contributed by atoms with Crippen LogP contribution in [0.4, 0.5) is 0 Å². The van der Waals surface area contributed by atoms with Gasteiger partial charge in [-0.1, -0.05) is 72.9 Å². The molecule has 0 radical (unpaired) electrons. The molecule has 44 heavy (non-hydrogen) atoms. The van der Waals surface area contributed by atoms with Gasteiger partial charge in [-0.15, -0.1) is 0 Å². The van der Waals surface area contributed by atoms with Crippen molar-refractivity contribution in [3.63, 3.8) is 0 Å². The minimum atomic E-state index is -0.685. The molecule has 1 aliphatic rings. The summed E-state index contributed by atoms with van der Waals surface area (Å²) >= 11 is 1.24. The zero-order chi connectivity index (χ0) is 31.2. The third-order valence-corrected chi connectivity index (χ3v) is 8.11. The largest absolute Gasteiger partial charge is 0.493 e. The van der Waals surface area contributed by atoms with Crippen molar-refractivity contribution >= 4 is 29.4 Å². The number of nitrogens with zero attached hydrogens (tertiary/aromatic N) is 2. The van der Waals surface area contributed by atoms with Gasteiger partial charge in [0, 0.05) is 5.56 Å². The second-order valence-electron chi connectivity index (χ2n) is 9.78. The van der Waals surface area contributed by atoms with Crippen molar-refractivity contribution in [3.05, 3.63) is 126 Å². The van der Waals surface area contributed by atoms with Crippen molar-refractivity contribution in [2.45, 2.75) is 32.9 Å². The number of para-hydroxylation sites is 1. The minimum Gasteiger partial charge on any atom is -0.493 e. The van der Waals surface area contributed by atoms with Gasteiger partial charge in [-0.2, -0.15) is 0 Å². The number of esters is 2. The molecule has 0 spiro atoms. The molecule has 0 unspecified atom stereocenters. The first kappa shape index (κ1) is 30.5. The molecule has 0 saturated heterocycles. The number of fused-ring (bicyclic) bond motifs is 1. The molecule has 0 amide bonds. The number of aromatic nitrogens is 1. The predicted octanol–water partition coefficient (Wildman–Crippen LogP) is 4.56. The monoisotopic (exact) mass is 612 g/mol. The molecule has 0 fully saturated rings. The van der Waals surface area contributed by atoms with Crippen LogP contribution in [0.25, 0.3) is 6.08 Å². The highest BCUT2D eigenvalue weighted by atomic mass is 32.1. The van der Waals surface area contributed by atoms with Gasteiger partial charge in [0.25, 0.3) is 5.56 Å². The summed E-state index contributed by atoms with van der Waals surface area (Å²) in [7, 11) is 2.88. The number of thiazole rings is 1. The molecule has 10 heteroatoms. The summed E-state index contributed by atoms with van der Waals surface area (Å²) < 4.78 is 24.0. The van der Waals surface area contributed by atoms with Crippen molar-refractivity contribution in [2.24, 2.45) is 4.99 Å². The van der Waals surface area contributed by atoms with Crippen molar-refractivity contribution in [2.75, 3.05) is 20.8 Å². The van der Waals surface area contributed by atoms with Crippen LogP contribution in [0.5, 0.6) is 11.5 Å². The zero-order valence-corrected chi connectivity index (χ0v) is 25.7. The maximum Gasteiger partial charge on any atom is 0.338 e. The number of carbonyl (C=O) groups excluding carboxylic acids is 2. The fraction of sp³-hybridized carbons (Fsp3) is 0.235. The second kappa shape index (κ2) is 13.6. The van der Waals surface area contributed by atoms with E-state index in [0.717, 1.165) is 11.1 Å². The Kier molecular flexibility index (Phi) is 9.40. The number of carbonyl (C=O) groups is 2. The van der Waals surface area contributed by atoms with Crippen LogP contribution >= 0.6 is 11.3 Å². The molecule has 5 rings (SSSR count). The summed E-state index contributed by atoms with van der Waals surface area (Å²) in [5.41, 5.74) is 3.34. The minimum absolute atomic E-state index is 0.196. The van der Waals surface area contributed by atoms with Gasteiger partial charge in [0.2, 0.25) is 0 Å². The molecule has 1 aromatic heterocycles. The molecule has 0 bridgehead atoms. The van der Waals surface area contributed by atoms with Gasteiger partial charge in [0.15, 0.2) is 16.3 Å². The number of hydrogen-bond acceptors (Lipinski definition) is 9. The van der Waals surface area contributed by atoms with E-state index >= 15 is 0 Å². The summed E-state index contributed by atoms with van der Waals surface area (Å²) in [6.45, 7) is 4.18. The molecule has 226 valence electrons. The Morgan fingerprint density at radius 1 is 0.955 bits per heavy atom. The number of rotatable bonds is 10. The summed E-state index contributed by atoms with van der Waals surface area (Å²) in [6, 6.07) is 21.1. The Morgan fingerprint density at radius 3 is 2.36 bits per heavy atom. The number of ether oxygens (including phenoxy) is 4. The zero-order valence-electron chi connectivity index (χ0n) is 24.9. The topological polar surface area (TPSA) is 105 Å². The van der Waals surface area contributed by atoms with E-state index in [2.05, 4.69) is 0 Å². The van der Waals surface area contributed by atoms with E-state index in [1.807, 2.05) is 49.4 Å². The first-order chi connectivity index (χ1) is 21.4. The molecule has 0 N–H and O–H groups in total. The van der Waals surface area contributed by atoms with Gasteiger partial charge in [0.1, 0.15) is 6.61 Å². The normalized spacial score (nSPS) is 14.5. The lowest BCUT2D eigenvalue weighted by Crippen LogP contribution is -2.40. The van der Waals surface area contributed by atoms with Gasteiger partial charge in [-0.3, -0.25) is 9.36 Å². The molecule has 4 aromatic rings. The highest BCUT2D eigenvalue weighted by molar-refractivity contribution is 7.07. The third kappa shape index (κ3) is 6.07. The van der Waals surface area contributed by atoms with Gasteiger partial charge in [-0.25, -0.2) is 14.6 Å². The van der Waals surface area contributed by atoms with Crippen LogP contribution in [0, 0.1) is 0 Å². The Morgan fingerprint density at radius 2 is 1.70 bits per heavy atom. The fourth-order valence-corrected chi connectivity index (χ4v) is 6.04. The average Bonchev–Trinajstić information content (AvgIpc) is 3.37. The molecule has 2 heterocycles. The molecule has 0 saturated carbocycles. The Balaban J connectivity index is 1.56. The number of benzene rings is 3. The van der Waals surface area contributed by atoms with Crippen LogP contribution in [0.2, 0.25) is 0 Å². The van der Waals surface area contributed by atoms with Crippen LogP contribution in [-0.2, 0) is 20.9 Å². The average molecular weight is 613 g/mol. The Bertz CT molecular complexity index is 1890. The molecule has 1 aliphatic heterocycles. The van der Waals surface area contributed by atoms with Crippen LogP contribution < -0.4 is 24.4 Å². The molecule has 9 nitrogen and oxygen atoms in total. The van der Waals surface area contributed by atoms with E-state index in [1.165, 1.54) is 18.4 Å². The smallest absolute Gasteiger partial charge is 0.338 e. The maximum absolute atomic E-state index is 14.0. The van der Waals surface area contributed by atoms with Gasteiger partial charge >= 0.3 is 11.9 Å². The molecule has 0 aliphatic carbocycles. The predicted molar refractivity (Wildman–Crippen MR) is 167 cm³/mol. The standard InChI is InChI=1S/C34H32N2O7S/c1-5-25-28(33(39)41-4)29(22-11-8-7-9-12-22)36-31(37)27(44-34(36)35-25)19-24-13-10-14-26(40-3)30(24)43-20-21-15-17-23(18-16-21)32(38)42-6-2/h7-19,29H,5-6,20H2,1-4H3/b27-19+/t29-/m0/s1. The maximum atomic E-state index is 14.0. The molecular formula is C34H32N2O7S. The van der Waals surface area contributed by atoms with Crippen LogP contribution in [0.15, 0.2) is 93.9 Å². The van der Waals surface area contributed by atoms with E-state index in [1.54, 1.807) is 55.0 Å². The van der Waals surface area contributed by atoms with E-state index < -0.39 is 12.0 Å². The highest BCUT2D eigenvalue weighted by Crippen LogP contribution is 2.33. The lowest BCUT2D eigenvalue weighted by atomic mass is 9.95. The van der Waals surface area contributed by atoms with Crippen molar-refractivity contribution in [3.8, 4) is 11.5 Å². The fourth-order valence-electron chi connectivity index (χ4n) is 5.02. The second-order valence-corrected chi connectivity index (χ2v) is 10.8. The van der Waals surface area contributed by atoms with E-state index in [9.17, 15) is 14.4 Å². The SMILES string of the molecule is CCOC(=O)c1ccc(COc2c(/C=c3/sc4n(c3=O)[C@@H](c3ccccc3)C(C(=O)OC)=C(CC)N=4)cccc2OC)cc1. The Hall–Kier alpha value is -4.96. The first-order valence-electron chi connectivity index (χ1n) is 14.1. The number of allylic oxidation sites excluding steroid dienone is 1. The number of methoxy groups -OCH3 is 2. The lowest BCUT2D eigenvalue weighted by molar-refractivity contribution is -0.136. The van der Waals surface area contributed by atoms with Crippen LogP contribution in [-0.4, -0.2) is 37.3 Å².